The summed E-state index contributed by atoms with van der Waals surface area (Å²) in [4.78, 5) is 10.4. The zero-order chi connectivity index (χ0) is 10.3. The highest BCUT2D eigenvalue weighted by Gasteiger charge is 2.02. The van der Waals surface area contributed by atoms with E-state index >= 15 is 0 Å². The molecule has 0 aliphatic heterocycles. The molecule has 3 heteroatoms. The van der Waals surface area contributed by atoms with Gasteiger partial charge in [-0.05, 0) is 19.9 Å². The van der Waals surface area contributed by atoms with Crippen molar-refractivity contribution >= 4 is 5.97 Å². The van der Waals surface area contributed by atoms with Crippen LogP contribution in [0.15, 0.2) is 35.5 Å². The minimum atomic E-state index is -1.20. The predicted octanol–water partition coefficient (Wildman–Crippen LogP) is 2.04. The highest BCUT2D eigenvalue weighted by atomic mass is 16.4. The van der Waals surface area contributed by atoms with Gasteiger partial charge in [-0.3, -0.25) is 0 Å². The van der Waals surface area contributed by atoms with Crippen LogP contribution < -0.4 is 0 Å². The first-order chi connectivity index (χ1) is 6.11. The molecular formula is C10H11NO2. The number of hydrogen-bond acceptors (Lipinski definition) is 2. The van der Waals surface area contributed by atoms with Gasteiger partial charge in [0.15, 0.2) is 0 Å². The van der Waals surface area contributed by atoms with Crippen LogP contribution in [-0.4, -0.2) is 11.1 Å². The lowest BCUT2D eigenvalue weighted by molar-refractivity contribution is -0.132. The van der Waals surface area contributed by atoms with Gasteiger partial charge in [0.1, 0.15) is 11.6 Å². The van der Waals surface area contributed by atoms with Crippen molar-refractivity contribution < 1.29 is 9.90 Å². The maximum absolute atomic E-state index is 10.4. The summed E-state index contributed by atoms with van der Waals surface area (Å²) in [6.45, 7) is 3.69. The van der Waals surface area contributed by atoms with E-state index in [4.69, 9.17) is 10.4 Å². The van der Waals surface area contributed by atoms with E-state index in [1.54, 1.807) is 12.1 Å². The first-order valence-electron chi connectivity index (χ1n) is 3.76. The molecule has 0 atom stereocenters. The molecule has 1 N–H and O–H groups in total. The molecule has 0 aliphatic carbocycles. The summed E-state index contributed by atoms with van der Waals surface area (Å²) < 4.78 is 0. The summed E-state index contributed by atoms with van der Waals surface area (Å²) in [7, 11) is 0. The van der Waals surface area contributed by atoms with Crippen LogP contribution in [0.2, 0.25) is 0 Å². The van der Waals surface area contributed by atoms with Crippen LogP contribution in [0, 0.1) is 11.3 Å². The van der Waals surface area contributed by atoms with Gasteiger partial charge in [0, 0.05) is 0 Å². The van der Waals surface area contributed by atoms with Gasteiger partial charge in [-0.25, -0.2) is 4.79 Å². The molecule has 68 valence electrons. The van der Waals surface area contributed by atoms with Crippen molar-refractivity contribution in [2.75, 3.05) is 0 Å². The van der Waals surface area contributed by atoms with Gasteiger partial charge in [0.05, 0.1) is 0 Å². The van der Waals surface area contributed by atoms with Crippen molar-refractivity contribution in [2.45, 2.75) is 13.8 Å². The van der Waals surface area contributed by atoms with Crippen molar-refractivity contribution in [2.24, 2.45) is 0 Å². The molecule has 0 heterocycles. The number of rotatable bonds is 3. The molecule has 0 fully saturated rings. The van der Waals surface area contributed by atoms with E-state index in [2.05, 4.69) is 0 Å². The molecule has 0 saturated heterocycles. The van der Waals surface area contributed by atoms with E-state index in [0.717, 1.165) is 5.57 Å². The second-order valence-electron chi connectivity index (χ2n) is 2.41. The summed E-state index contributed by atoms with van der Waals surface area (Å²) in [6, 6.07) is 1.59. The second kappa shape index (κ2) is 5.78. The summed E-state index contributed by atoms with van der Waals surface area (Å²) >= 11 is 0. The van der Waals surface area contributed by atoms with Crippen molar-refractivity contribution in [1.29, 1.82) is 5.26 Å². The standard InChI is InChI=1S/C10H11NO2/c1-3-4-8(2)5-6-9(7-11)10(12)13/h3-6H,1-2H3,(H,12,13)/b4-3+,8-5+,9-6+. The number of carboxylic acids is 1. The molecule has 0 rings (SSSR count). The SMILES string of the molecule is C/C=C/C(C)=C/C=C(\C#N)C(=O)O. The van der Waals surface area contributed by atoms with Crippen LogP contribution in [0.25, 0.3) is 0 Å². The highest BCUT2D eigenvalue weighted by molar-refractivity contribution is 5.91. The first-order valence-corrected chi connectivity index (χ1v) is 3.76. The fourth-order valence-electron chi connectivity index (χ4n) is 0.690. The second-order valence-corrected chi connectivity index (χ2v) is 2.41. The van der Waals surface area contributed by atoms with Crippen molar-refractivity contribution in [3.05, 3.63) is 35.5 Å². The van der Waals surface area contributed by atoms with Crippen LogP contribution >= 0.6 is 0 Å². The van der Waals surface area contributed by atoms with E-state index in [-0.39, 0.29) is 5.57 Å². The molecule has 0 spiro atoms. The number of carbonyl (C=O) groups is 1. The molecule has 0 aromatic carbocycles. The monoisotopic (exact) mass is 177 g/mol. The Balaban J connectivity index is 4.67. The molecule has 0 unspecified atom stereocenters. The van der Waals surface area contributed by atoms with E-state index < -0.39 is 5.97 Å². The summed E-state index contributed by atoms with van der Waals surface area (Å²) in [5.41, 5.74) is 0.639. The lowest BCUT2D eigenvalue weighted by atomic mass is 10.2. The minimum Gasteiger partial charge on any atom is -0.477 e. The average molecular weight is 177 g/mol. The molecular weight excluding hydrogens is 166 g/mol. The van der Waals surface area contributed by atoms with Gasteiger partial charge in [0.2, 0.25) is 0 Å². The number of nitriles is 1. The van der Waals surface area contributed by atoms with Gasteiger partial charge in [0.25, 0.3) is 0 Å². The van der Waals surface area contributed by atoms with Gasteiger partial charge in [-0.2, -0.15) is 5.26 Å². The molecule has 0 aliphatic rings. The van der Waals surface area contributed by atoms with E-state index in [1.807, 2.05) is 26.0 Å². The Morgan fingerprint density at radius 2 is 2.08 bits per heavy atom. The molecule has 0 bridgehead atoms. The topological polar surface area (TPSA) is 61.1 Å². The number of aliphatic carboxylic acids is 1. The maximum Gasteiger partial charge on any atom is 0.346 e. The third kappa shape index (κ3) is 4.59. The van der Waals surface area contributed by atoms with E-state index in [1.165, 1.54) is 6.08 Å². The Hall–Kier alpha value is -1.82. The Bertz CT molecular complexity index is 316. The lowest BCUT2D eigenvalue weighted by Gasteiger charge is -1.88. The number of hydrogen-bond donors (Lipinski definition) is 1. The third-order valence-corrected chi connectivity index (χ3v) is 1.29. The lowest BCUT2D eigenvalue weighted by Crippen LogP contribution is -1.96. The summed E-state index contributed by atoms with van der Waals surface area (Å²) in [5.74, 6) is -1.20. The third-order valence-electron chi connectivity index (χ3n) is 1.29. The zero-order valence-electron chi connectivity index (χ0n) is 7.61. The Morgan fingerprint density at radius 1 is 1.46 bits per heavy atom. The molecule has 0 aromatic rings. The Kier molecular flexibility index (Phi) is 4.97. The molecule has 3 nitrogen and oxygen atoms in total. The van der Waals surface area contributed by atoms with Crippen LogP contribution in [0.5, 0.6) is 0 Å². The van der Waals surface area contributed by atoms with Gasteiger partial charge < -0.3 is 5.11 Å². The van der Waals surface area contributed by atoms with E-state index in [9.17, 15) is 4.79 Å². The highest BCUT2D eigenvalue weighted by Crippen LogP contribution is 1.99. The number of nitrogens with zero attached hydrogens (tertiary/aromatic N) is 1. The van der Waals surface area contributed by atoms with Crippen molar-refractivity contribution in [1.82, 2.24) is 0 Å². The first kappa shape index (κ1) is 11.2. The summed E-state index contributed by atoms with van der Waals surface area (Å²) in [5, 5.41) is 16.9. The molecule has 13 heavy (non-hydrogen) atoms. The fourth-order valence-corrected chi connectivity index (χ4v) is 0.690. The molecule has 0 saturated carbocycles. The minimum absolute atomic E-state index is 0.260. The quantitative estimate of drug-likeness (QED) is 0.407. The van der Waals surface area contributed by atoms with Gasteiger partial charge in [-0.1, -0.05) is 23.8 Å². The molecule has 0 amide bonds. The summed E-state index contributed by atoms with van der Waals surface area (Å²) in [6.07, 6.45) is 6.55. The van der Waals surface area contributed by atoms with Crippen molar-refractivity contribution in [3.63, 3.8) is 0 Å². The molecule has 0 aromatic heterocycles. The van der Waals surface area contributed by atoms with Crippen LogP contribution in [-0.2, 0) is 4.79 Å². The Labute approximate surface area is 77.3 Å². The average Bonchev–Trinajstić information content (AvgIpc) is 2.05. The fraction of sp³-hybridized carbons (Fsp3) is 0.200. The Morgan fingerprint density at radius 3 is 2.46 bits per heavy atom. The van der Waals surface area contributed by atoms with E-state index in [0.29, 0.717) is 0 Å². The number of carboxylic acid groups (broad SMARTS) is 1. The normalized spacial score (nSPS) is 13.0. The molecule has 0 radical (unpaired) electrons. The van der Waals surface area contributed by atoms with Crippen LogP contribution in [0.3, 0.4) is 0 Å². The predicted molar refractivity (Wildman–Crippen MR) is 49.9 cm³/mol. The van der Waals surface area contributed by atoms with Gasteiger partial charge >= 0.3 is 5.97 Å². The maximum atomic E-state index is 10.4. The number of allylic oxidation sites excluding steroid dienone is 5. The van der Waals surface area contributed by atoms with Gasteiger partial charge in [-0.15, -0.1) is 0 Å². The van der Waals surface area contributed by atoms with Crippen LogP contribution in [0.4, 0.5) is 0 Å². The largest absolute Gasteiger partial charge is 0.477 e. The van der Waals surface area contributed by atoms with Crippen molar-refractivity contribution in [3.8, 4) is 6.07 Å². The smallest absolute Gasteiger partial charge is 0.346 e. The van der Waals surface area contributed by atoms with Crippen LogP contribution in [0.1, 0.15) is 13.8 Å². The zero-order valence-corrected chi connectivity index (χ0v) is 7.61.